The molecule has 7 heteroatoms. The highest BCUT2D eigenvalue weighted by molar-refractivity contribution is 6.30. The maximum atomic E-state index is 5.99. The normalized spacial score (nSPS) is 10.5. The lowest BCUT2D eigenvalue weighted by Gasteiger charge is -2.12. The number of halogens is 1. The first-order valence-corrected chi connectivity index (χ1v) is 7.51. The third-order valence-electron chi connectivity index (χ3n) is 3.31. The van der Waals surface area contributed by atoms with E-state index in [4.69, 9.17) is 16.3 Å². The highest BCUT2D eigenvalue weighted by Crippen LogP contribution is 2.21. The van der Waals surface area contributed by atoms with Crippen molar-refractivity contribution >= 4 is 17.5 Å². The minimum absolute atomic E-state index is 0.461. The van der Waals surface area contributed by atoms with Gasteiger partial charge in [-0.25, -0.2) is 4.68 Å². The molecule has 0 radical (unpaired) electrons. The van der Waals surface area contributed by atoms with Gasteiger partial charge in [-0.05, 0) is 34.2 Å². The molecule has 0 bridgehead atoms. The Balaban J connectivity index is 1.67. The molecule has 0 aliphatic heterocycles. The molecule has 0 atom stereocenters. The maximum Gasteiger partial charge on any atom is 0.242 e. The lowest BCUT2D eigenvalue weighted by molar-refractivity contribution is 0.303. The second-order valence-electron chi connectivity index (χ2n) is 5.01. The van der Waals surface area contributed by atoms with Crippen molar-refractivity contribution in [1.82, 2.24) is 20.2 Å². The average Bonchev–Trinajstić information content (AvgIpc) is 2.97. The Labute approximate surface area is 139 Å². The second-order valence-corrected chi connectivity index (χ2v) is 5.44. The van der Waals surface area contributed by atoms with Gasteiger partial charge in [0, 0.05) is 24.2 Å². The van der Waals surface area contributed by atoms with Crippen LogP contribution in [-0.4, -0.2) is 20.2 Å². The third kappa shape index (κ3) is 3.98. The van der Waals surface area contributed by atoms with Crippen LogP contribution < -0.4 is 10.1 Å². The summed E-state index contributed by atoms with van der Waals surface area (Å²) in [6, 6.07) is 15.5. The molecule has 0 amide bonds. The van der Waals surface area contributed by atoms with E-state index < -0.39 is 0 Å². The molecular weight excluding hydrogens is 314 g/mol. The first-order chi connectivity index (χ1) is 11.2. The van der Waals surface area contributed by atoms with Gasteiger partial charge in [-0.1, -0.05) is 47.0 Å². The molecule has 1 N–H and O–H groups in total. The Hall–Kier alpha value is -2.60. The number of anilines is 1. The van der Waals surface area contributed by atoms with Gasteiger partial charge in [0.15, 0.2) is 0 Å². The SMILES string of the molecule is Cn1nnnc1NCc1ccccc1OCc1cccc(Cl)c1. The molecule has 0 saturated carbocycles. The second kappa shape index (κ2) is 7.11. The van der Waals surface area contributed by atoms with Crippen molar-refractivity contribution in [2.45, 2.75) is 13.2 Å². The summed E-state index contributed by atoms with van der Waals surface area (Å²) in [6.07, 6.45) is 0. The Kier molecular flexibility index (Phi) is 4.73. The summed E-state index contributed by atoms with van der Waals surface area (Å²) in [5, 5.41) is 15.2. The Bertz CT molecular complexity index is 789. The highest BCUT2D eigenvalue weighted by Gasteiger charge is 2.06. The van der Waals surface area contributed by atoms with Gasteiger partial charge < -0.3 is 10.1 Å². The molecule has 0 saturated heterocycles. The van der Waals surface area contributed by atoms with Crippen LogP contribution in [0.15, 0.2) is 48.5 Å². The Morgan fingerprint density at radius 3 is 2.83 bits per heavy atom. The van der Waals surface area contributed by atoms with E-state index in [2.05, 4.69) is 20.8 Å². The van der Waals surface area contributed by atoms with Crippen molar-refractivity contribution < 1.29 is 4.74 Å². The van der Waals surface area contributed by atoms with E-state index in [0.717, 1.165) is 16.9 Å². The number of rotatable bonds is 6. The van der Waals surface area contributed by atoms with Crippen LogP contribution in [0.3, 0.4) is 0 Å². The fourth-order valence-electron chi connectivity index (χ4n) is 2.13. The predicted octanol–water partition coefficient (Wildman–Crippen LogP) is 3.05. The van der Waals surface area contributed by atoms with Crippen LogP contribution in [0.25, 0.3) is 0 Å². The zero-order chi connectivity index (χ0) is 16.1. The lowest BCUT2D eigenvalue weighted by Crippen LogP contribution is -2.07. The molecule has 118 valence electrons. The molecular formula is C16H16ClN5O. The summed E-state index contributed by atoms with van der Waals surface area (Å²) in [6.45, 7) is 1.03. The molecule has 6 nitrogen and oxygen atoms in total. The van der Waals surface area contributed by atoms with Crippen LogP contribution in [0.1, 0.15) is 11.1 Å². The first-order valence-electron chi connectivity index (χ1n) is 7.14. The fraction of sp³-hybridized carbons (Fsp3) is 0.188. The van der Waals surface area contributed by atoms with Crippen molar-refractivity contribution in [3.05, 3.63) is 64.7 Å². The van der Waals surface area contributed by atoms with Crippen LogP contribution in [0.4, 0.5) is 5.95 Å². The van der Waals surface area contributed by atoms with E-state index in [9.17, 15) is 0 Å². The van der Waals surface area contributed by atoms with Crippen molar-refractivity contribution in [3.8, 4) is 5.75 Å². The molecule has 0 spiro atoms. The number of benzene rings is 2. The molecule has 2 aromatic carbocycles. The van der Waals surface area contributed by atoms with Gasteiger partial charge in [-0.3, -0.25) is 0 Å². The summed E-state index contributed by atoms with van der Waals surface area (Å²) in [5.41, 5.74) is 2.05. The van der Waals surface area contributed by atoms with Gasteiger partial charge in [0.2, 0.25) is 5.95 Å². The number of tetrazole rings is 1. The summed E-state index contributed by atoms with van der Waals surface area (Å²) in [4.78, 5) is 0. The monoisotopic (exact) mass is 329 g/mol. The Morgan fingerprint density at radius 2 is 2.04 bits per heavy atom. The zero-order valence-corrected chi connectivity index (χ0v) is 13.4. The molecule has 1 aromatic heterocycles. The molecule has 0 fully saturated rings. The number of aromatic nitrogens is 4. The minimum atomic E-state index is 0.461. The van der Waals surface area contributed by atoms with Crippen LogP contribution in [0, 0.1) is 0 Å². The quantitative estimate of drug-likeness (QED) is 0.753. The molecule has 0 unspecified atom stereocenters. The molecule has 23 heavy (non-hydrogen) atoms. The zero-order valence-electron chi connectivity index (χ0n) is 12.6. The van der Waals surface area contributed by atoms with Crippen LogP contribution in [-0.2, 0) is 20.2 Å². The molecule has 3 aromatic rings. The topological polar surface area (TPSA) is 64.9 Å². The van der Waals surface area contributed by atoms with Crippen molar-refractivity contribution in [2.24, 2.45) is 7.05 Å². The molecule has 1 heterocycles. The average molecular weight is 330 g/mol. The highest BCUT2D eigenvalue weighted by atomic mass is 35.5. The smallest absolute Gasteiger partial charge is 0.242 e. The van der Waals surface area contributed by atoms with Crippen molar-refractivity contribution in [2.75, 3.05) is 5.32 Å². The largest absolute Gasteiger partial charge is 0.489 e. The van der Waals surface area contributed by atoms with E-state index in [1.54, 1.807) is 11.7 Å². The summed E-state index contributed by atoms with van der Waals surface area (Å²) in [5.74, 6) is 1.42. The van der Waals surface area contributed by atoms with Crippen molar-refractivity contribution in [3.63, 3.8) is 0 Å². The number of hydrogen-bond acceptors (Lipinski definition) is 5. The Morgan fingerprint density at radius 1 is 1.17 bits per heavy atom. The lowest BCUT2D eigenvalue weighted by atomic mass is 10.2. The van der Waals surface area contributed by atoms with Crippen LogP contribution in [0.5, 0.6) is 5.75 Å². The van der Waals surface area contributed by atoms with E-state index in [1.807, 2.05) is 48.5 Å². The van der Waals surface area contributed by atoms with Gasteiger partial charge in [0.1, 0.15) is 12.4 Å². The molecule has 3 rings (SSSR count). The molecule has 0 aliphatic carbocycles. The first kappa shape index (κ1) is 15.3. The van der Waals surface area contributed by atoms with Crippen LogP contribution in [0.2, 0.25) is 5.02 Å². The van der Waals surface area contributed by atoms with E-state index in [0.29, 0.717) is 24.1 Å². The summed E-state index contributed by atoms with van der Waals surface area (Å²) >= 11 is 5.99. The van der Waals surface area contributed by atoms with Gasteiger partial charge >= 0.3 is 0 Å². The minimum Gasteiger partial charge on any atom is -0.489 e. The summed E-state index contributed by atoms with van der Waals surface area (Å²) < 4.78 is 7.50. The fourth-order valence-corrected chi connectivity index (χ4v) is 2.34. The van der Waals surface area contributed by atoms with E-state index in [-0.39, 0.29) is 0 Å². The van der Waals surface area contributed by atoms with Gasteiger partial charge in [-0.2, -0.15) is 0 Å². The number of ether oxygens (including phenoxy) is 1. The number of nitrogens with one attached hydrogen (secondary N) is 1. The van der Waals surface area contributed by atoms with Crippen LogP contribution >= 0.6 is 11.6 Å². The van der Waals surface area contributed by atoms with Crippen molar-refractivity contribution in [1.29, 1.82) is 0 Å². The number of nitrogens with zero attached hydrogens (tertiary/aromatic N) is 4. The van der Waals surface area contributed by atoms with E-state index in [1.165, 1.54) is 0 Å². The van der Waals surface area contributed by atoms with Gasteiger partial charge in [0.05, 0.1) is 0 Å². The maximum absolute atomic E-state index is 5.99. The molecule has 0 aliphatic rings. The van der Waals surface area contributed by atoms with E-state index >= 15 is 0 Å². The number of para-hydroxylation sites is 1. The number of aryl methyl sites for hydroxylation is 1. The third-order valence-corrected chi connectivity index (χ3v) is 3.55. The van der Waals surface area contributed by atoms with Gasteiger partial charge in [-0.15, -0.1) is 0 Å². The predicted molar refractivity (Wildman–Crippen MR) is 88.4 cm³/mol. The number of hydrogen-bond donors (Lipinski definition) is 1. The van der Waals surface area contributed by atoms with Gasteiger partial charge in [0.25, 0.3) is 0 Å². The standard InChI is InChI=1S/C16H16ClN5O/c1-22-16(19-20-21-22)18-10-13-6-2-3-8-15(13)23-11-12-5-4-7-14(17)9-12/h2-9H,10-11H2,1H3,(H,18,19,21). The summed E-state index contributed by atoms with van der Waals surface area (Å²) in [7, 11) is 1.78.